The third-order valence-corrected chi connectivity index (χ3v) is 3.62. The summed E-state index contributed by atoms with van der Waals surface area (Å²) in [4.78, 5) is 22.4. The Labute approximate surface area is 122 Å². The Bertz CT molecular complexity index is 489. The number of nitrogens with zero attached hydrogens (tertiary/aromatic N) is 3. The molecule has 0 saturated carbocycles. The molecule has 0 radical (unpaired) electrons. The highest BCUT2D eigenvalue weighted by Crippen LogP contribution is 2.33. The first-order chi connectivity index (χ1) is 9.42. The first-order valence-electron chi connectivity index (χ1n) is 6.38. The van der Waals surface area contributed by atoms with E-state index in [0.717, 1.165) is 0 Å². The van der Waals surface area contributed by atoms with Crippen molar-refractivity contribution in [3.63, 3.8) is 0 Å². The standard InChI is InChI=1S/C12H18ClN3O4/c1-4-8(12(17)20-5-2)10(7-16(18)19)9-6-14-15(3)11(9)13/h6,8,10H,4-5,7H2,1-3H3/t8?,10-/m0/s1. The summed E-state index contributed by atoms with van der Waals surface area (Å²) in [6.45, 7) is 3.34. The molecule has 8 heteroatoms. The molecule has 7 nitrogen and oxygen atoms in total. The van der Waals surface area contributed by atoms with Gasteiger partial charge in [0.25, 0.3) is 0 Å². The fourth-order valence-electron chi connectivity index (χ4n) is 2.16. The molecule has 0 fully saturated rings. The number of nitro groups is 1. The van der Waals surface area contributed by atoms with E-state index < -0.39 is 22.7 Å². The van der Waals surface area contributed by atoms with Crippen LogP contribution in [0.5, 0.6) is 0 Å². The van der Waals surface area contributed by atoms with Crippen LogP contribution in [0.2, 0.25) is 5.15 Å². The number of ether oxygens (including phenoxy) is 1. The molecule has 0 spiro atoms. The van der Waals surface area contributed by atoms with Crippen LogP contribution in [0.4, 0.5) is 0 Å². The van der Waals surface area contributed by atoms with Crippen LogP contribution in [0.15, 0.2) is 6.20 Å². The van der Waals surface area contributed by atoms with Gasteiger partial charge in [-0.25, -0.2) is 0 Å². The normalized spacial score (nSPS) is 13.8. The Morgan fingerprint density at radius 2 is 2.25 bits per heavy atom. The molecule has 112 valence electrons. The minimum atomic E-state index is -0.643. The van der Waals surface area contributed by atoms with Crippen molar-refractivity contribution in [1.82, 2.24) is 9.78 Å². The van der Waals surface area contributed by atoms with Gasteiger partial charge >= 0.3 is 5.97 Å². The van der Waals surface area contributed by atoms with Crippen LogP contribution >= 0.6 is 11.6 Å². The van der Waals surface area contributed by atoms with Gasteiger partial charge in [0.05, 0.1) is 24.6 Å². The monoisotopic (exact) mass is 303 g/mol. The quantitative estimate of drug-likeness (QED) is 0.437. The molecule has 0 N–H and O–H groups in total. The van der Waals surface area contributed by atoms with Gasteiger partial charge in [0.1, 0.15) is 5.15 Å². The molecule has 20 heavy (non-hydrogen) atoms. The molecule has 1 aromatic heterocycles. The molecule has 2 atom stereocenters. The van der Waals surface area contributed by atoms with Crippen LogP contribution in [0, 0.1) is 16.0 Å². The first-order valence-corrected chi connectivity index (χ1v) is 6.75. The van der Waals surface area contributed by atoms with E-state index in [9.17, 15) is 14.9 Å². The highest BCUT2D eigenvalue weighted by Gasteiger charge is 2.35. The zero-order valence-electron chi connectivity index (χ0n) is 11.7. The van der Waals surface area contributed by atoms with E-state index in [0.29, 0.717) is 17.1 Å². The summed E-state index contributed by atoms with van der Waals surface area (Å²) in [5.41, 5.74) is 0.505. The number of hydrogen-bond acceptors (Lipinski definition) is 5. The molecule has 0 aromatic carbocycles. The van der Waals surface area contributed by atoms with Crippen molar-refractivity contribution in [3.05, 3.63) is 27.0 Å². The largest absolute Gasteiger partial charge is 0.466 e. The van der Waals surface area contributed by atoms with Crippen molar-refractivity contribution in [2.24, 2.45) is 13.0 Å². The van der Waals surface area contributed by atoms with Crippen LogP contribution in [0.1, 0.15) is 31.7 Å². The molecular formula is C12H18ClN3O4. The van der Waals surface area contributed by atoms with Crippen molar-refractivity contribution in [3.8, 4) is 0 Å². The number of esters is 1. The summed E-state index contributed by atoms with van der Waals surface area (Å²) >= 11 is 6.10. The Kier molecular flexibility index (Phi) is 5.94. The molecule has 1 aromatic rings. The van der Waals surface area contributed by atoms with Crippen LogP contribution in [-0.4, -0.2) is 33.8 Å². The van der Waals surface area contributed by atoms with E-state index in [2.05, 4.69) is 5.10 Å². The van der Waals surface area contributed by atoms with E-state index in [1.54, 1.807) is 20.9 Å². The van der Waals surface area contributed by atoms with Gasteiger partial charge in [-0.2, -0.15) is 5.10 Å². The lowest BCUT2D eigenvalue weighted by molar-refractivity contribution is -0.484. The van der Waals surface area contributed by atoms with E-state index in [1.807, 2.05) is 0 Å². The number of aromatic nitrogens is 2. The zero-order valence-corrected chi connectivity index (χ0v) is 12.5. The van der Waals surface area contributed by atoms with Crippen LogP contribution in [0.3, 0.4) is 0 Å². The van der Waals surface area contributed by atoms with Gasteiger partial charge in [-0.1, -0.05) is 18.5 Å². The summed E-state index contributed by atoms with van der Waals surface area (Å²) in [7, 11) is 1.64. The molecule has 1 rings (SSSR count). The van der Waals surface area contributed by atoms with Gasteiger partial charge in [0, 0.05) is 17.5 Å². The maximum Gasteiger partial charge on any atom is 0.309 e. The zero-order chi connectivity index (χ0) is 15.3. The van der Waals surface area contributed by atoms with Gasteiger partial charge < -0.3 is 4.74 Å². The van der Waals surface area contributed by atoms with E-state index in [1.165, 1.54) is 10.9 Å². The third-order valence-electron chi connectivity index (χ3n) is 3.15. The smallest absolute Gasteiger partial charge is 0.309 e. The van der Waals surface area contributed by atoms with Crippen molar-refractivity contribution >= 4 is 17.6 Å². The van der Waals surface area contributed by atoms with Crippen molar-refractivity contribution in [2.45, 2.75) is 26.2 Å². The summed E-state index contributed by atoms with van der Waals surface area (Å²) < 4.78 is 6.41. The lowest BCUT2D eigenvalue weighted by atomic mass is 9.85. The fourth-order valence-corrected chi connectivity index (χ4v) is 2.39. The summed E-state index contributed by atoms with van der Waals surface area (Å²) in [5.74, 6) is -1.70. The molecule has 1 unspecified atom stereocenters. The third kappa shape index (κ3) is 3.69. The second kappa shape index (κ2) is 7.23. The Balaban J connectivity index is 3.13. The van der Waals surface area contributed by atoms with Crippen LogP contribution in [0.25, 0.3) is 0 Å². The van der Waals surface area contributed by atoms with Crippen LogP contribution < -0.4 is 0 Å². The molecule has 0 bridgehead atoms. The second-order valence-electron chi connectivity index (χ2n) is 4.40. The van der Waals surface area contributed by atoms with E-state index >= 15 is 0 Å². The van der Waals surface area contributed by atoms with Gasteiger partial charge in [-0.05, 0) is 13.3 Å². The lowest BCUT2D eigenvalue weighted by Gasteiger charge is -2.21. The SMILES string of the molecule is CCOC(=O)C(CC)[C@H](C[N+](=O)[O-])c1cnn(C)c1Cl. The molecule has 0 aliphatic rings. The molecule has 0 aliphatic carbocycles. The molecule has 1 heterocycles. The molecule has 0 aliphatic heterocycles. The average molecular weight is 304 g/mol. The Morgan fingerprint density at radius 1 is 1.60 bits per heavy atom. The second-order valence-corrected chi connectivity index (χ2v) is 4.76. The summed E-state index contributed by atoms with van der Waals surface area (Å²) in [6.07, 6.45) is 1.90. The minimum absolute atomic E-state index is 0.237. The van der Waals surface area contributed by atoms with E-state index in [-0.39, 0.29) is 13.2 Å². The van der Waals surface area contributed by atoms with Crippen molar-refractivity contribution in [1.29, 1.82) is 0 Å². The Hall–Kier alpha value is -1.63. The highest BCUT2D eigenvalue weighted by atomic mass is 35.5. The number of rotatable bonds is 7. The summed E-state index contributed by atoms with van der Waals surface area (Å²) in [6, 6.07) is 0. The Morgan fingerprint density at radius 3 is 2.65 bits per heavy atom. The number of halogens is 1. The van der Waals surface area contributed by atoms with Crippen LogP contribution in [-0.2, 0) is 16.6 Å². The molecule has 0 amide bonds. The van der Waals surface area contributed by atoms with Gasteiger partial charge in [-0.3, -0.25) is 19.6 Å². The predicted octanol–water partition coefficient (Wildman–Crippen LogP) is 2.02. The van der Waals surface area contributed by atoms with Gasteiger partial charge in [0.2, 0.25) is 6.54 Å². The van der Waals surface area contributed by atoms with Gasteiger partial charge in [0.15, 0.2) is 0 Å². The predicted molar refractivity (Wildman–Crippen MR) is 73.2 cm³/mol. The number of carbonyl (C=O) groups is 1. The van der Waals surface area contributed by atoms with Gasteiger partial charge in [-0.15, -0.1) is 0 Å². The molecular weight excluding hydrogens is 286 g/mol. The number of aryl methyl sites for hydroxylation is 1. The first kappa shape index (κ1) is 16.4. The summed E-state index contributed by atoms with van der Waals surface area (Å²) in [5, 5.41) is 15.2. The molecule has 0 saturated heterocycles. The number of carbonyl (C=O) groups excluding carboxylic acids is 1. The fraction of sp³-hybridized carbons (Fsp3) is 0.667. The van der Waals surface area contributed by atoms with Crippen molar-refractivity contribution < 1.29 is 14.5 Å². The maximum absolute atomic E-state index is 12.0. The number of hydrogen-bond donors (Lipinski definition) is 0. The highest BCUT2D eigenvalue weighted by molar-refractivity contribution is 6.30. The maximum atomic E-state index is 12.0. The minimum Gasteiger partial charge on any atom is -0.466 e. The van der Waals surface area contributed by atoms with Crippen molar-refractivity contribution in [2.75, 3.05) is 13.2 Å². The van der Waals surface area contributed by atoms with E-state index in [4.69, 9.17) is 16.3 Å². The lowest BCUT2D eigenvalue weighted by Crippen LogP contribution is -2.29. The average Bonchev–Trinajstić information content (AvgIpc) is 2.69. The topological polar surface area (TPSA) is 87.3 Å².